The Morgan fingerprint density at radius 2 is 1.70 bits per heavy atom. The van der Waals surface area contributed by atoms with Gasteiger partial charge in [-0.25, -0.2) is 0 Å². The zero-order valence-corrected chi connectivity index (χ0v) is 15.7. The molecular formula is C19H26N6O2. The summed E-state index contributed by atoms with van der Waals surface area (Å²) in [6.07, 6.45) is 2.38. The van der Waals surface area contributed by atoms with Crippen LogP contribution in [0.5, 0.6) is 0 Å². The number of carbonyl (C=O) groups excluding carboxylic acids is 2. The summed E-state index contributed by atoms with van der Waals surface area (Å²) < 4.78 is 0. The molecule has 0 radical (unpaired) electrons. The summed E-state index contributed by atoms with van der Waals surface area (Å²) in [6, 6.07) is 5.40. The Hall–Kier alpha value is -2.48. The summed E-state index contributed by atoms with van der Waals surface area (Å²) in [5.41, 5.74) is 2.10. The van der Waals surface area contributed by atoms with Crippen LogP contribution >= 0.6 is 0 Å². The number of carbonyl (C=O) groups is 2. The van der Waals surface area contributed by atoms with Crippen LogP contribution in [-0.4, -0.2) is 88.2 Å². The van der Waals surface area contributed by atoms with Gasteiger partial charge in [-0.2, -0.15) is 15.4 Å². The highest BCUT2D eigenvalue weighted by atomic mass is 16.2. The Bertz CT molecular complexity index is 818. The molecule has 3 heterocycles. The van der Waals surface area contributed by atoms with Crippen molar-refractivity contribution in [1.29, 1.82) is 0 Å². The Kier molecular flexibility index (Phi) is 5.07. The fraction of sp³-hybridized carbons (Fsp3) is 0.579. The minimum atomic E-state index is 0.0312. The van der Waals surface area contributed by atoms with E-state index in [0.29, 0.717) is 36.5 Å². The summed E-state index contributed by atoms with van der Waals surface area (Å²) >= 11 is 0. The van der Waals surface area contributed by atoms with Crippen molar-refractivity contribution in [3.8, 4) is 0 Å². The van der Waals surface area contributed by atoms with Gasteiger partial charge in [-0.1, -0.05) is 0 Å². The number of piperazine rings is 1. The van der Waals surface area contributed by atoms with Gasteiger partial charge < -0.3 is 14.7 Å². The molecule has 0 saturated carbocycles. The second kappa shape index (κ2) is 7.64. The van der Waals surface area contributed by atoms with Crippen molar-refractivity contribution in [3.63, 3.8) is 0 Å². The van der Waals surface area contributed by atoms with Gasteiger partial charge in [0.05, 0.1) is 0 Å². The molecule has 8 nitrogen and oxygen atoms in total. The van der Waals surface area contributed by atoms with Gasteiger partial charge >= 0.3 is 0 Å². The number of nitrogens with one attached hydrogen (secondary N) is 1. The number of rotatable bonds is 3. The first-order valence-corrected chi connectivity index (χ1v) is 9.66. The van der Waals surface area contributed by atoms with Crippen molar-refractivity contribution in [2.45, 2.75) is 19.3 Å². The van der Waals surface area contributed by atoms with Crippen LogP contribution in [0.15, 0.2) is 18.2 Å². The normalized spacial score (nSPS) is 19.6. The molecule has 0 unspecified atom stereocenters. The zero-order valence-electron chi connectivity index (χ0n) is 15.7. The number of amides is 2. The number of fused-ring (bicyclic) bond motifs is 1. The fourth-order valence-electron chi connectivity index (χ4n) is 3.93. The van der Waals surface area contributed by atoms with E-state index >= 15 is 0 Å². The molecule has 0 spiro atoms. The lowest BCUT2D eigenvalue weighted by molar-refractivity contribution is -0.134. The average Bonchev–Trinajstić information content (AvgIpc) is 3.16. The quantitative estimate of drug-likeness (QED) is 0.870. The van der Waals surface area contributed by atoms with Crippen LogP contribution in [0.1, 0.15) is 29.6 Å². The van der Waals surface area contributed by atoms with E-state index in [9.17, 15) is 9.59 Å². The number of nitrogens with zero attached hydrogens (tertiary/aromatic N) is 5. The van der Waals surface area contributed by atoms with Crippen LogP contribution in [0.25, 0.3) is 11.0 Å². The SMILES string of the molecule is CN1CCN(C(=O)CC2CCN(C(=O)c3ccc4n[nH]nc4c3)CC2)CC1. The smallest absolute Gasteiger partial charge is 0.253 e. The molecule has 1 aromatic heterocycles. The number of hydrogen-bond donors (Lipinski definition) is 1. The molecule has 27 heavy (non-hydrogen) atoms. The van der Waals surface area contributed by atoms with Gasteiger partial charge in [-0.15, -0.1) is 0 Å². The molecule has 144 valence electrons. The largest absolute Gasteiger partial charge is 0.340 e. The van der Waals surface area contributed by atoms with E-state index in [1.54, 1.807) is 12.1 Å². The van der Waals surface area contributed by atoms with Crippen molar-refractivity contribution in [2.75, 3.05) is 46.3 Å². The van der Waals surface area contributed by atoms with E-state index in [1.165, 1.54) is 0 Å². The summed E-state index contributed by atoms with van der Waals surface area (Å²) in [6.45, 7) is 4.98. The molecule has 2 aliphatic heterocycles. The number of H-pyrrole nitrogens is 1. The van der Waals surface area contributed by atoms with Crippen LogP contribution in [0, 0.1) is 5.92 Å². The Labute approximate surface area is 158 Å². The highest BCUT2D eigenvalue weighted by Gasteiger charge is 2.27. The molecule has 0 bridgehead atoms. The van der Waals surface area contributed by atoms with E-state index in [0.717, 1.165) is 44.5 Å². The van der Waals surface area contributed by atoms with E-state index in [4.69, 9.17) is 0 Å². The van der Waals surface area contributed by atoms with Crippen LogP contribution in [0.2, 0.25) is 0 Å². The number of piperidine rings is 1. The van der Waals surface area contributed by atoms with E-state index in [-0.39, 0.29) is 11.8 Å². The molecule has 0 atom stereocenters. The molecule has 2 aromatic rings. The number of aromatic amines is 1. The van der Waals surface area contributed by atoms with Crippen molar-refractivity contribution in [3.05, 3.63) is 23.8 Å². The lowest BCUT2D eigenvalue weighted by Gasteiger charge is -2.35. The minimum Gasteiger partial charge on any atom is -0.340 e. The fourth-order valence-corrected chi connectivity index (χ4v) is 3.93. The topological polar surface area (TPSA) is 85.4 Å². The van der Waals surface area contributed by atoms with E-state index in [2.05, 4.69) is 27.4 Å². The average molecular weight is 370 g/mol. The monoisotopic (exact) mass is 370 g/mol. The highest BCUT2D eigenvalue weighted by Crippen LogP contribution is 2.23. The van der Waals surface area contributed by atoms with Gasteiger partial charge in [-0.05, 0) is 44.0 Å². The van der Waals surface area contributed by atoms with Crippen molar-refractivity contribution in [2.24, 2.45) is 5.92 Å². The first kappa shape index (κ1) is 17.9. The summed E-state index contributed by atoms with van der Waals surface area (Å²) in [4.78, 5) is 31.4. The lowest BCUT2D eigenvalue weighted by Crippen LogP contribution is -2.48. The molecule has 2 aliphatic rings. The Balaban J connectivity index is 1.29. The number of benzene rings is 1. The van der Waals surface area contributed by atoms with Crippen molar-refractivity contribution >= 4 is 22.8 Å². The molecule has 4 rings (SSSR count). The van der Waals surface area contributed by atoms with Gasteiger partial charge in [0.2, 0.25) is 5.91 Å². The molecule has 2 saturated heterocycles. The van der Waals surface area contributed by atoms with Gasteiger partial charge in [0, 0.05) is 51.3 Å². The van der Waals surface area contributed by atoms with Crippen LogP contribution in [0.3, 0.4) is 0 Å². The Morgan fingerprint density at radius 3 is 2.44 bits per heavy atom. The van der Waals surface area contributed by atoms with E-state index < -0.39 is 0 Å². The van der Waals surface area contributed by atoms with Crippen LogP contribution < -0.4 is 0 Å². The van der Waals surface area contributed by atoms with Crippen LogP contribution in [0.4, 0.5) is 0 Å². The maximum atomic E-state index is 12.8. The third kappa shape index (κ3) is 3.95. The van der Waals surface area contributed by atoms with Crippen molar-refractivity contribution < 1.29 is 9.59 Å². The van der Waals surface area contributed by atoms with E-state index in [1.807, 2.05) is 15.9 Å². The number of aromatic nitrogens is 3. The maximum absolute atomic E-state index is 12.8. The predicted molar refractivity (Wildman–Crippen MR) is 101 cm³/mol. The van der Waals surface area contributed by atoms with Gasteiger partial charge in [0.1, 0.15) is 11.0 Å². The lowest BCUT2D eigenvalue weighted by atomic mass is 9.92. The molecule has 0 aliphatic carbocycles. The minimum absolute atomic E-state index is 0.0312. The van der Waals surface area contributed by atoms with Crippen molar-refractivity contribution in [1.82, 2.24) is 30.1 Å². The van der Waals surface area contributed by atoms with Gasteiger partial charge in [0.25, 0.3) is 5.91 Å². The molecule has 8 heteroatoms. The van der Waals surface area contributed by atoms with Gasteiger partial charge in [0.15, 0.2) is 0 Å². The highest BCUT2D eigenvalue weighted by molar-refractivity contribution is 5.97. The molecule has 1 aromatic carbocycles. The number of likely N-dealkylation sites (N-methyl/N-ethyl adjacent to an activating group) is 1. The second-order valence-corrected chi connectivity index (χ2v) is 7.65. The molecule has 1 N–H and O–H groups in total. The number of hydrogen-bond acceptors (Lipinski definition) is 5. The predicted octanol–water partition coefficient (Wildman–Crippen LogP) is 0.974. The Morgan fingerprint density at radius 1 is 1.00 bits per heavy atom. The van der Waals surface area contributed by atoms with Crippen LogP contribution in [-0.2, 0) is 4.79 Å². The maximum Gasteiger partial charge on any atom is 0.253 e. The van der Waals surface area contributed by atoms with Gasteiger partial charge in [-0.3, -0.25) is 9.59 Å². The molecular weight excluding hydrogens is 344 g/mol. The first-order chi connectivity index (χ1) is 13.1. The molecule has 2 fully saturated rings. The summed E-state index contributed by atoms with van der Waals surface area (Å²) in [5.74, 6) is 0.673. The standard InChI is InChI=1S/C19H26N6O2/c1-23-8-10-24(11-9-23)18(26)12-14-4-6-25(7-5-14)19(27)15-2-3-16-17(13-15)21-22-20-16/h2-3,13-14H,4-12H2,1H3,(H,20,21,22). The third-order valence-electron chi connectivity index (χ3n) is 5.78. The third-order valence-corrected chi connectivity index (χ3v) is 5.78. The second-order valence-electron chi connectivity index (χ2n) is 7.65. The zero-order chi connectivity index (χ0) is 18.8. The number of likely N-dealkylation sites (tertiary alicyclic amines) is 1. The summed E-state index contributed by atoms with van der Waals surface area (Å²) in [5, 5.41) is 10.6. The summed E-state index contributed by atoms with van der Waals surface area (Å²) in [7, 11) is 2.09. The molecule has 2 amide bonds. The first-order valence-electron chi connectivity index (χ1n) is 9.66.